The van der Waals surface area contributed by atoms with Gasteiger partial charge < -0.3 is 15.3 Å². The fraction of sp³-hybridized carbons (Fsp3) is 0.462. The highest BCUT2D eigenvalue weighted by Gasteiger charge is 2.42. The second-order valence-corrected chi connectivity index (χ2v) is 5.06. The number of nitrogens with one attached hydrogen (secondary N) is 1. The van der Waals surface area contributed by atoms with Gasteiger partial charge in [-0.3, -0.25) is 4.79 Å². The van der Waals surface area contributed by atoms with Crippen LogP contribution in [0.3, 0.4) is 0 Å². The van der Waals surface area contributed by atoms with E-state index >= 15 is 0 Å². The summed E-state index contributed by atoms with van der Waals surface area (Å²) in [6, 6.07) is 0.989. The van der Waals surface area contributed by atoms with Crippen molar-refractivity contribution in [3.05, 3.63) is 23.6 Å². The molecule has 0 spiro atoms. The van der Waals surface area contributed by atoms with Crippen LogP contribution >= 0.6 is 0 Å². The number of carbonyl (C=O) groups excluding carboxylic acids is 1. The second kappa shape index (κ2) is 4.73. The molecule has 1 aromatic heterocycles. The van der Waals surface area contributed by atoms with Gasteiger partial charge in [0, 0.05) is 19.3 Å². The number of carboxylic acid groups (broad SMARTS) is 1. The van der Waals surface area contributed by atoms with Gasteiger partial charge in [-0.15, -0.1) is 0 Å². The third-order valence-corrected chi connectivity index (χ3v) is 3.97. The Morgan fingerprint density at radius 3 is 3.10 bits per heavy atom. The van der Waals surface area contributed by atoms with Crippen LogP contribution in [0, 0.1) is 11.7 Å². The lowest BCUT2D eigenvalue weighted by Crippen LogP contribution is -2.46. The standard InChI is InChI=1S/C13H14FN3O3/c14-10-8(13(19)20)3-4-15-11(10)17-5-1-2-7-9(17)6-16-12(7)18/h3-4,7,9H,1-2,5-6H2,(H,16,18)(H,19,20). The number of carbonyl (C=O) groups is 2. The van der Waals surface area contributed by atoms with E-state index in [1.165, 1.54) is 6.20 Å². The Balaban J connectivity index is 1.98. The molecule has 106 valence electrons. The molecule has 0 radical (unpaired) electrons. The first kappa shape index (κ1) is 12.8. The van der Waals surface area contributed by atoms with Gasteiger partial charge >= 0.3 is 5.97 Å². The molecule has 2 N–H and O–H groups in total. The molecule has 2 aliphatic rings. The van der Waals surface area contributed by atoms with Crippen LogP contribution in [0.5, 0.6) is 0 Å². The summed E-state index contributed by atoms with van der Waals surface area (Å²) < 4.78 is 14.3. The highest BCUT2D eigenvalue weighted by molar-refractivity contribution is 5.89. The summed E-state index contributed by atoms with van der Waals surface area (Å²) in [6.45, 7) is 1.02. The normalized spacial score (nSPS) is 25.2. The highest BCUT2D eigenvalue weighted by atomic mass is 19.1. The van der Waals surface area contributed by atoms with Gasteiger partial charge in [0.25, 0.3) is 0 Å². The average molecular weight is 279 g/mol. The molecule has 6 nitrogen and oxygen atoms in total. The van der Waals surface area contributed by atoms with Gasteiger partial charge in [-0.1, -0.05) is 0 Å². The molecule has 7 heteroatoms. The van der Waals surface area contributed by atoms with Crippen LogP contribution in [0.4, 0.5) is 10.2 Å². The number of aromatic nitrogens is 1. The Kier molecular flexibility index (Phi) is 3.04. The topological polar surface area (TPSA) is 82.5 Å². The van der Waals surface area contributed by atoms with Crippen LogP contribution < -0.4 is 10.2 Å². The molecule has 2 atom stereocenters. The molecule has 0 saturated carbocycles. The molecule has 1 amide bonds. The fourth-order valence-electron chi connectivity index (χ4n) is 3.01. The van der Waals surface area contributed by atoms with E-state index in [0.717, 1.165) is 18.9 Å². The van der Waals surface area contributed by atoms with Crippen LogP contribution in [0.2, 0.25) is 0 Å². The maximum absolute atomic E-state index is 14.3. The largest absolute Gasteiger partial charge is 0.478 e. The quantitative estimate of drug-likeness (QED) is 0.830. The Bertz CT molecular complexity index is 578. The Morgan fingerprint density at radius 2 is 2.35 bits per heavy atom. The third-order valence-electron chi connectivity index (χ3n) is 3.97. The predicted octanol–water partition coefficient (Wildman–Crippen LogP) is 0.634. The van der Waals surface area contributed by atoms with Crippen LogP contribution in [0.25, 0.3) is 0 Å². The van der Waals surface area contributed by atoms with Crippen molar-refractivity contribution >= 4 is 17.7 Å². The molecule has 0 bridgehead atoms. The van der Waals surface area contributed by atoms with Crippen molar-refractivity contribution < 1.29 is 19.1 Å². The lowest BCUT2D eigenvalue weighted by molar-refractivity contribution is -0.123. The number of amides is 1. The molecule has 20 heavy (non-hydrogen) atoms. The van der Waals surface area contributed by atoms with Crippen LogP contribution in [-0.4, -0.2) is 41.1 Å². The molecular weight excluding hydrogens is 265 g/mol. The maximum Gasteiger partial charge on any atom is 0.338 e. The molecule has 2 unspecified atom stereocenters. The first-order chi connectivity index (χ1) is 9.59. The zero-order chi connectivity index (χ0) is 14.3. The summed E-state index contributed by atoms with van der Waals surface area (Å²) in [6.07, 6.45) is 2.82. The fourth-order valence-corrected chi connectivity index (χ4v) is 3.01. The van der Waals surface area contributed by atoms with Gasteiger partial charge in [0.2, 0.25) is 5.91 Å². The van der Waals surface area contributed by atoms with Crippen LogP contribution in [-0.2, 0) is 4.79 Å². The highest BCUT2D eigenvalue weighted by Crippen LogP contribution is 2.32. The molecule has 2 aliphatic heterocycles. The summed E-state index contributed by atoms with van der Waals surface area (Å²) in [5.74, 6) is -2.32. The van der Waals surface area contributed by atoms with Gasteiger partial charge in [0.05, 0.1) is 12.0 Å². The number of carboxylic acids is 1. The number of anilines is 1. The SMILES string of the molecule is O=C(O)c1ccnc(N2CCCC3C(=O)NCC32)c1F. The first-order valence-electron chi connectivity index (χ1n) is 6.51. The van der Waals surface area contributed by atoms with Crippen LogP contribution in [0.1, 0.15) is 23.2 Å². The molecular formula is C13H14FN3O3. The first-order valence-corrected chi connectivity index (χ1v) is 6.51. The van der Waals surface area contributed by atoms with E-state index < -0.39 is 17.3 Å². The number of aromatic carboxylic acids is 1. The van der Waals surface area contributed by atoms with Crippen molar-refractivity contribution in [1.29, 1.82) is 0 Å². The number of rotatable bonds is 2. The molecule has 3 heterocycles. The summed E-state index contributed by atoms with van der Waals surface area (Å²) in [4.78, 5) is 28.4. The predicted molar refractivity (Wildman–Crippen MR) is 68.0 cm³/mol. The molecule has 3 rings (SSSR count). The number of hydrogen-bond acceptors (Lipinski definition) is 4. The molecule has 2 saturated heterocycles. The summed E-state index contributed by atoms with van der Waals surface area (Å²) in [5, 5.41) is 11.7. The smallest absolute Gasteiger partial charge is 0.338 e. The maximum atomic E-state index is 14.3. The van der Waals surface area contributed by atoms with Crippen molar-refractivity contribution in [3.63, 3.8) is 0 Å². The van der Waals surface area contributed by atoms with Crippen molar-refractivity contribution in [1.82, 2.24) is 10.3 Å². The Hall–Kier alpha value is -2.18. The van der Waals surface area contributed by atoms with Crippen molar-refractivity contribution in [3.8, 4) is 0 Å². The molecule has 2 fully saturated rings. The second-order valence-electron chi connectivity index (χ2n) is 5.06. The summed E-state index contributed by atoms with van der Waals surface area (Å²) >= 11 is 0. The van der Waals surface area contributed by atoms with Gasteiger partial charge in [-0.2, -0.15) is 0 Å². The van der Waals surface area contributed by atoms with Gasteiger partial charge in [-0.25, -0.2) is 14.2 Å². The van der Waals surface area contributed by atoms with E-state index in [1.807, 2.05) is 0 Å². The zero-order valence-corrected chi connectivity index (χ0v) is 10.7. The van der Waals surface area contributed by atoms with Crippen LogP contribution in [0.15, 0.2) is 12.3 Å². The molecule has 1 aromatic rings. The van der Waals surface area contributed by atoms with E-state index in [4.69, 9.17) is 5.11 Å². The number of pyridine rings is 1. The number of fused-ring (bicyclic) bond motifs is 1. The van der Waals surface area contributed by atoms with E-state index in [0.29, 0.717) is 13.1 Å². The summed E-state index contributed by atoms with van der Waals surface area (Å²) in [5.41, 5.74) is -0.394. The minimum atomic E-state index is -1.32. The van der Waals surface area contributed by atoms with E-state index in [9.17, 15) is 14.0 Å². The van der Waals surface area contributed by atoms with Crippen molar-refractivity contribution in [2.24, 2.45) is 5.92 Å². The minimum absolute atomic E-state index is 0.0190. The van der Waals surface area contributed by atoms with Gasteiger partial charge in [0.1, 0.15) is 5.56 Å². The van der Waals surface area contributed by atoms with E-state index in [2.05, 4.69) is 10.3 Å². The third kappa shape index (κ3) is 1.90. The Morgan fingerprint density at radius 1 is 1.55 bits per heavy atom. The van der Waals surface area contributed by atoms with E-state index in [-0.39, 0.29) is 23.7 Å². The minimum Gasteiger partial charge on any atom is -0.478 e. The molecule has 0 aromatic carbocycles. The van der Waals surface area contributed by atoms with Crippen molar-refractivity contribution in [2.45, 2.75) is 18.9 Å². The zero-order valence-electron chi connectivity index (χ0n) is 10.7. The molecule has 0 aliphatic carbocycles. The van der Waals surface area contributed by atoms with Gasteiger partial charge in [-0.05, 0) is 18.9 Å². The summed E-state index contributed by atoms with van der Waals surface area (Å²) in [7, 11) is 0. The lowest BCUT2D eigenvalue weighted by Gasteiger charge is -2.36. The van der Waals surface area contributed by atoms with Gasteiger partial charge in [0.15, 0.2) is 11.6 Å². The monoisotopic (exact) mass is 279 g/mol. The number of hydrogen-bond donors (Lipinski definition) is 2. The average Bonchev–Trinajstić information content (AvgIpc) is 2.81. The number of nitrogens with zero attached hydrogens (tertiary/aromatic N) is 2. The van der Waals surface area contributed by atoms with E-state index in [1.54, 1.807) is 4.90 Å². The number of piperidine rings is 1. The van der Waals surface area contributed by atoms with Crippen molar-refractivity contribution in [2.75, 3.05) is 18.0 Å². The number of halogens is 1. The Labute approximate surface area is 114 Å². The lowest BCUT2D eigenvalue weighted by atomic mass is 9.91.